The van der Waals surface area contributed by atoms with Crippen molar-refractivity contribution in [2.45, 2.75) is 6.54 Å². The van der Waals surface area contributed by atoms with E-state index >= 15 is 0 Å². The van der Waals surface area contributed by atoms with Crippen LogP contribution in [0.15, 0.2) is 54.7 Å². The average molecular weight is 381 g/mol. The molecule has 1 heterocycles. The molecular formula is C21H23N3O4. The van der Waals surface area contributed by atoms with E-state index in [-0.39, 0.29) is 5.91 Å². The first kappa shape index (κ1) is 19.3. The largest absolute Gasteiger partial charge is 0.497 e. The van der Waals surface area contributed by atoms with Gasteiger partial charge in [-0.3, -0.25) is 4.79 Å². The maximum absolute atomic E-state index is 12.8. The Kier molecular flexibility index (Phi) is 5.84. The Balaban J connectivity index is 1.74. The highest BCUT2D eigenvalue weighted by Crippen LogP contribution is 2.26. The smallest absolute Gasteiger partial charge is 0.274 e. The Bertz CT molecular complexity index is 951. The van der Waals surface area contributed by atoms with Crippen molar-refractivity contribution in [1.29, 1.82) is 0 Å². The lowest BCUT2D eigenvalue weighted by Crippen LogP contribution is -2.27. The van der Waals surface area contributed by atoms with Crippen LogP contribution in [0.4, 0.5) is 0 Å². The van der Waals surface area contributed by atoms with Crippen LogP contribution in [0.25, 0.3) is 5.69 Å². The number of ether oxygens (including phenoxy) is 3. The summed E-state index contributed by atoms with van der Waals surface area (Å²) in [5.74, 6) is 1.96. The highest BCUT2D eigenvalue weighted by molar-refractivity contribution is 5.92. The normalized spacial score (nSPS) is 10.4. The lowest BCUT2D eigenvalue weighted by Gasteiger charge is -2.18. The Morgan fingerprint density at radius 3 is 2.29 bits per heavy atom. The molecule has 0 atom stereocenters. The van der Waals surface area contributed by atoms with Gasteiger partial charge >= 0.3 is 0 Å². The molecule has 0 fully saturated rings. The molecule has 2 aromatic carbocycles. The Hall–Kier alpha value is -3.48. The van der Waals surface area contributed by atoms with Gasteiger partial charge in [-0.05, 0) is 42.5 Å². The van der Waals surface area contributed by atoms with E-state index in [2.05, 4.69) is 5.10 Å². The van der Waals surface area contributed by atoms with Crippen molar-refractivity contribution in [3.63, 3.8) is 0 Å². The van der Waals surface area contributed by atoms with Crippen molar-refractivity contribution >= 4 is 5.91 Å². The first-order chi connectivity index (χ1) is 13.5. The molecule has 3 aromatic rings. The topological polar surface area (TPSA) is 65.8 Å². The van der Waals surface area contributed by atoms with E-state index in [4.69, 9.17) is 14.2 Å². The maximum atomic E-state index is 12.8. The molecule has 0 aliphatic rings. The van der Waals surface area contributed by atoms with Gasteiger partial charge in [-0.15, -0.1) is 0 Å². The minimum atomic E-state index is -0.176. The van der Waals surface area contributed by atoms with Crippen molar-refractivity contribution in [3.05, 3.63) is 66.0 Å². The summed E-state index contributed by atoms with van der Waals surface area (Å²) in [4.78, 5) is 14.4. The molecule has 3 rings (SSSR count). The van der Waals surface area contributed by atoms with Crippen LogP contribution >= 0.6 is 0 Å². The van der Waals surface area contributed by atoms with Crippen molar-refractivity contribution in [2.75, 3.05) is 28.4 Å². The van der Waals surface area contributed by atoms with Crippen LogP contribution in [-0.4, -0.2) is 49.0 Å². The van der Waals surface area contributed by atoms with Gasteiger partial charge in [-0.25, -0.2) is 4.68 Å². The van der Waals surface area contributed by atoms with Gasteiger partial charge in [0.05, 0.1) is 27.0 Å². The van der Waals surface area contributed by atoms with E-state index in [1.54, 1.807) is 56.3 Å². The third-order valence-electron chi connectivity index (χ3n) is 4.39. The zero-order chi connectivity index (χ0) is 20.1. The molecule has 0 spiro atoms. The standard InChI is InChI=1S/C21H23N3O4/c1-23(14-15-5-8-18(27-3)13-20(15)28-4)21(25)19-11-12-24(22-19)16-6-9-17(26-2)10-7-16/h5-13H,14H2,1-4H3. The predicted molar refractivity (Wildman–Crippen MR) is 105 cm³/mol. The number of methoxy groups -OCH3 is 3. The molecule has 0 radical (unpaired) electrons. The first-order valence-electron chi connectivity index (χ1n) is 8.72. The number of benzene rings is 2. The second-order valence-corrected chi connectivity index (χ2v) is 6.18. The van der Waals surface area contributed by atoms with Crippen molar-refractivity contribution in [3.8, 4) is 22.9 Å². The summed E-state index contributed by atoms with van der Waals surface area (Å²) in [7, 11) is 6.55. The molecule has 0 N–H and O–H groups in total. The van der Waals surface area contributed by atoms with Gasteiger partial charge in [-0.2, -0.15) is 5.10 Å². The third kappa shape index (κ3) is 4.09. The molecule has 0 bridgehead atoms. The molecule has 1 amide bonds. The zero-order valence-electron chi connectivity index (χ0n) is 16.4. The number of amides is 1. The second-order valence-electron chi connectivity index (χ2n) is 6.18. The minimum Gasteiger partial charge on any atom is -0.497 e. The van der Waals surface area contributed by atoms with Gasteiger partial charge in [0.25, 0.3) is 5.91 Å². The average Bonchev–Trinajstić information content (AvgIpc) is 3.23. The molecule has 0 unspecified atom stereocenters. The number of rotatable bonds is 7. The predicted octanol–water partition coefficient (Wildman–Crippen LogP) is 3.17. The number of carbonyl (C=O) groups is 1. The van der Waals surface area contributed by atoms with Crippen LogP contribution < -0.4 is 14.2 Å². The third-order valence-corrected chi connectivity index (χ3v) is 4.39. The van der Waals surface area contributed by atoms with Crippen molar-refractivity contribution in [2.24, 2.45) is 0 Å². The fourth-order valence-electron chi connectivity index (χ4n) is 2.82. The quantitative estimate of drug-likeness (QED) is 0.629. The molecule has 7 nitrogen and oxygen atoms in total. The number of hydrogen-bond donors (Lipinski definition) is 0. The fourth-order valence-corrected chi connectivity index (χ4v) is 2.82. The van der Waals surface area contributed by atoms with E-state index in [1.165, 1.54) is 0 Å². The van der Waals surface area contributed by atoms with Gasteiger partial charge in [0, 0.05) is 31.4 Å². The summed E-state index contributed by atoms with van der Waals surface area (Å²) in [5, 5.41) is 4.40. The Morgan fingerprint density at radius 2 is 1.64 bits per heavy atom. The Labute approximate surface area is 164 Å². The van der Waals surface area contributed by atoms with Gasteiger partial charge < -0.3 is 19.1 Å². The van der Waals surface area contributed by atoms with Gasteiger partial charge in [0.1, 0.15) is 17.2 Å². The van der Waals surface area contributed by atoms with Crippen molar-refractivity contribution < 1.29 is 19.0 Å². The van der Waals surface area contributed by atoms with E-state index in [1.807, 2.05) is 36.4 Å². The van der Waals surface area contributed by atoms with E-state index in [9.17, 15) is 4.79 Å². The van der Waals surface area contributed by atoms with Gasteiger partial charge in [-0.1, -0.05) is 0 Å². The number of carbonyl (C=O) groups excluding carboxylic acids is 1. The molecule has 28 heavy (non-hydrogen) atoms. The molecule has 0 aliphatic carbocycles. The summed E-state index contributed by atoms with van der Waals surface area (Å²) in [6.07, 6.45) is 1.76. The highest BCUT2D eigenvalue weighted by Gasteiger charge is 2.17. The van der Waals surface area contributed by atoms with Crippen LogP contribution in [0.1, 0.15) is 16.1 Å². The maximum Gasteiger partial charge on any atom is 0.274 e. The summed E-state index contributed by atoms with van der Waals surface area (Å²) in [6.45, 7) is 0.390. The lowest BCUT2D eigenvalue weighted by molar-refractivity contribution is 0.0778. The fraction of sp³-hybridized carbons (Fsp3) is 0.238. The van der Waals surface area contributed by atoms with E-state index < -0.39 is 0 Å². The summed E-state index contributed by atoms with van der Waals surface area (Å²) >= 11 is 0. The summed E-state index contributed by atoms with van der Waals surface area (Å²) in [5.41, 5.74) is 2.10. The number of aromatic nitrogens is 2. The number of nitrogens with zero attached hydrogens (tertiary/aromatic N) is 3. The van der Waals surface area contributed by atoms with Gasteiger partial charge in [0.15, 0.2) is 5.69 Å². The van der Waals surface area contributed by atoms with E-state index in [0.717, 1.165) is 17.0 Å². The first-order valence-corrected chi connectivity index (χ1v) is 8.72. The molecule has 1 aromatic heterocycles. The highest BCUT2D eigenvalue weighted by atomic mass is 16.5. The molecule has 0 aliphatic heterocycles. The summed E-state index contributed by atoms with van der Waals surface area (Å²) < 4.78 is 17.4. The van der Waals surface area contributed by atoms with E-state index in [0.29, 0.717) is 23.7 Å². The van der Waals surface area contributed by atoms with Crippen molar-refractivity contribution in [1.82, 2.24) is 14.7 Å². The monoisotopic (exact) mass is 381 g/mol. The van der Waals surface area contributed by atoms with Gasteiger partial charge in [0.2, 0.25) is 0 Å². The molecule has 0 saturated carbocycles. The molecule has 0 saturated heterocycles. The zero-order valence-corrected chi connectivity index (χ0v) is 16.4. The minimum absolute atomic E-state index is 0.176. The van der Waals surface area contributed by atoms with Crippen LogP contribution in [0.5, 0.6) is 17.2 Å². The SMILES string of the molecule is COc1ccc(-n2ccc(C(=O)N(C)Cc3ccc(OC)cc3OC)n2)cc1. The van der Waals surface area contributed by atoms with Crippen LogP contribution in [-0.2, 0) is 6.54 Å². The molecule has 146 valence electrons. The molecular weight excluding hydrogens is 358 g/mol. The number of hydrogen-bond acceptors (Lipinski definition) is 5. The van der Waals surface area contributed by atoms with Crippen LogP contribution in [0.3, 0.4) is 0 Å². The summed E-state index contributed by atoms with van der Waals surface area (Å²) in [6, 6.07) is 14.7. The Morgan fingerprint density at radius 1 is 0.964 bits per heavy atom. The molecule has 7 heteroatoms. The van der Waals surface area contributed by atoms with Crippen LogP contribution in [0.2, 0.25) is 0 Å². The lowest BCUT2D eigenvalue weighted by atomic mass is 10.1. The van der Waals surface area contributed by atoms with Crippen LogP contribution in [0, 0.1) is 0 Å². The second kappa shape index (κ2) is 8.47.